The van der Waals surface area contributed by atoms with Crippen LogP contribution in [0.1, 0.15) is 33.6 Å². The van der Waals surface area contributed by atoms with Crippen molar-refractivity contribution in [2.45, 2.75) is 39.8 Å². The first-order valence-corrected chi connectivity index (χ1v) is 4.04. The molecule has 0 aliphatic carbocycles. The third-order valence-corrected chi connectivity index (χ3v) is 1.43. The highest BCUT2D eigenvalue weighted by molar-refractivity contribution is 4.46. The molecule has 0 aromatic heterocycles. The predicted octanol–water partition coefficient (Wildman–Crippen LogP) is 1.74. The molecule has 2 heteroatoms. The molecule has 1 unspecified atom stereocenters. The van der Waals surface area contributed by atoms with E-state index >= 15 is 0 Å². The Bertz CT molecular complexity index is 73.7. The largest absolute Gasteiger partial charge is 0.364 e. The van der Waals surface area contributed by atoms with Crippen LogP contribution >= 0.6 is 0 Å². The van der Waals surface area contributed by atoms with E-state index in [0.717, 1.165) is 19.4 Å². The van der Waals surface area contributed by atoms with Crippen LogP contribution in [0.25, 0.3) is 0 Å². The number of nitrogens with two attached hydrogens (primary N) is 1. The predicted molar refractivity (Wildman–Crippen MR) is 43.7 cm³/mol. The molecule has 0 saturated carbocycles. The highest BCUT2D eigenvalue weighted by atomic mass is 16.5. The van der Waals surface area contributed by atoms with Gasteiger partial charge in [0, 0.05) is 6.61 Å². The smallest absolute Gasteiger partial charge is 0.105 e. The Morgan fingerprint density at radius 1 is 1.40 bits per heavy atom. The second kappa shape index (κ2) is 5.69. The zero-order valence-corrected chi connectivity index (χ0v) is 7.26. The van der Waals surface area contributed by atoms with Gasteiger partial charge in [0.25, 0.3) is 0 Å². The van der Waals surface area contributed by atoms with Crippen LogP contribution in [0.15, 0.2) is 0 Å². The number of hydrogen-bond donors (Lipinski definition) is 1. The second-order valence-electron chi connectivity index (χ2n) is 3.00. The zero-order chi connectivity index (χ0) is 7.98. The summed E-state index contributed by atoms with van der Waals surface area (Å²) in [6.07, 6.45) is 1.95. The van der Waals surface area contributed by atoms with Gasteiger partial charge in [-0.1, -0.05) is 20.8 Å². The van der Waals surface area contributed by atoms with Crippen LogP contribution in [0.4, 0.5) is 0 Å². The lowest BCUT2D eigenvalue weighted by Gasteiger charge is -2.11. The number of ether oxygens (including phenoxy) is 1. The summed E-state index contributed by atoms with van der Waals surface area (Å²) in [5, 5.41) is 0. The monoisotopic (exact) mass is 145 g/mol. The summed E-state index contributed by atoms with van der Waals surface area (Å²) < 4.78 is 5.28. The molecule has 0 radical (unpaired) electrons. The van der Waals surface area contributed by atoms with Gasteiger partial charge in [-0.2, -0.15) is 0 Å². The Kier molecular flexibility index (Phi) is 5.64. The van der Waals surface area contributed by atoms with Crippen LogP contribution < -0.4 is 5.73 Å². The van der Waals surface area contributed by atoms with Crippen LogP contribution in [-0.2, 0) is 4.74 Å². The average Bonchev–Trinajstić information content (AvgIpc) is 1.87. The van der Waals surface area contributed by atoms with Gasteiger partial charge in [-0.3, -0.25) is 0 Å². The summed E-state index contributed by atoms with van der Waals surface area (Å²) in [5.41, 5.74) is 5.54. The van der Waals surface area contributed by atoms with Gasteiger partial charge < -0.3 is 10.5 Å². The molecule has 2 nitrogen and oxygen atoms in total. The maximum Gasteiger partial charge on any atom is 0.105 e. The highest BCUT2D eigenvalue weighted by Gasteiger charge is 1.98. The topological polar surface area (TPSA) is 35.2 Å². The minimum Gasteiger partial charge on any atom is -0.364 e. The molecule has 0 rings (SSSR count). The molecule has 0 spiro atoms. The summed E-state index contributed by atoms with van der Waals surface area (Å²) in [6, 6.07) is 0. The maximum atomic E-state index is 5.54. The minimum absolute atomic E-state index is 0.0567. The summed E-state index contributed by atoms with van der Waals surface area (Å²) in [4.78, 5) is 0. The fraction of sp³-hybridized carbons (Fsp3) is 1.00. The van der Waals surface area contributed by atoms with E-state index in [2.05, 4.69) is 13.8 Å². The van der Waals surface area contributed by atoms with Gasteiger partial charge in [0.2, 0.25) is 0 Å². The summed E-state index contributed by atoms with van der Waals surface area (Å²) >= 11 is 0. The first kappa shape index (κ1) is 9.92. The molecule has 0 fully saturated rings. The first-order chi connectivity index (χ1) is 4.66. The molecule has 1 atom stereocenters. The van der Waals surface area contributed by atoms with Crippen LogP contribution in [0.2, 0.25) is 0 Å². The minimum atomic E-state index is -0.0567. The van der Waals surface area contributed by atoms with Gasteiger partial charge in [0.05, 0.1) is 0 Å². The third-order valence-electron chi connectivity index (χ3n) is 1.43. The lowest BCUT2D eigenvalue weighted by molar-refractivity contribution is 0.0485. The van der Waals surface area contributed by atoms with Gasteiger partial charge in [-0.25, -0.2) is 0 Å². The fourth-order valence-electron chi connectivity index (χ4n) is 0.573. The van der Waals surface area contributed by atoms with Crippen molar-refractivity contribution in [2.75, 3.05) is 6.61 Å². The Hall–Kier alpha value is -0.0800. The first-order valence-electron chi connectivity index (χ1n) is 4.04. The third kappa shape index (κ3) is 6.05. The van der Waals surface area contributed by atoms with Crippen LogP contribution in [-0.4, -0.2) is 12.8 Å². The molecule has 0 bridgehead atoms. The van der Waals surface area contributed by atoms with E-state index in [1.165, 1.54) is 0 Å². The molecule has 0 aliphatic heterocycles. The van der Waals surface area contributed by atoms with Crippen molar-refractivity contribution < 1.29 is 4.74 Å². The summed E-state index contributed by atoms with van der Waals surface area (Å²) in [7, 11) is 0. The zero-order valence-electron chi connectivity index (χ0n) is 7.26. The Labute approximate surface area is 63.7 Å². The lowest BCUT2D eigenvalue weighted by Crippen LogP contribution is -2.23. The van der Waals surface area contributed by atoms with Crippen molar-refractivity contribution in [2.24, 2.45) is 11.7 Å². The molecule has 0 aromatic rings. The quantitative estimate of drug-likeness (QED) is 0.598. The van der Waals surface area contributed by atoms with Crippen molar-refractivity contribution in [3.8, 4) is 0 Å². The standard InChI is InChI=1S/C8H19NO/c1-4-8(9)10-6-5-7(2)3/h7-8H,4-6,9H2,1-3H3. The molecule has 62 valence electrons. The second-order valence-corrected chi connectivity index (χ2v) is 3.00. The van der Waals surface area contributed by atoms with Gasteiger partial charge in [-0.05, 0) is 18.8 Å². The van der Waals surface area contributed by atoms with Crippen LogP contribution in [0.5, 0.6) is 0 Å². The fourth-order valence-corrected chi connectivity index (χ4v) is 0.573. The molecule has 0 saturated heterocycles. The Morgan fingerprint density at radius 3 is 2.40 bits per heavy atom. The molecule has 10 heavy (non-hydrogen) atoms. The van der Waals surface area contributed by atoms with Crippen LogP contribution in [0.3, 0.4) is 0 Å². The van der Waals surface area contributed by atoms with Gasteiger partial charge >= 0.3 is 0 Å². The summed E-state index contributed by atoms with van der Waals surface area (Å²) in [5.74, 6) is 0.712. The van der Waals surface area contributed by atoms with Crippen molar-refractivity contribution in [3.05, 3.63) is 0 Å². The van der Waals surface area contributed by atoms with E-state index in [1.54, 1.807) is 0 Å². The number of hydrogen-bond acceptors (Lipinski definition) is 2. The normalized spacial score (nSPS) is 14.1. The average molecular weight is 145 g/mol. The van der Waals surface area contributed by atoms with Gasteiger partial charge in [0.15, 0.2) is 0 Å². The van der Waals surface area contributed by atoms with Crippen molar-refractivity contribution in [1.29, 1.82) is 0 Å². The van der Waals surface area contributed by atoms with E-state index in [1.807, 2.05) is 6.92 Å². The molecular weight excluding hydrogens is 126 g/mol. The molecule has 2 N–H and O–H groups in total. The summed E-state index contributed by atoms with van der Waals surface area (Å²) in [6.45, 7) is 7.19. The highest BCUT2D eigenvalue weighted by Crippen LogP contribution is 2.00. The van der Waals surface area contributed by atoms with E-state index in [9.17, 15) is 0 Å². The van der Waals surface area contributed by atoms with Crippen LogP contribution in [0, 0.1) is 5.92 Å². The van der Waals surface area contributed by atoms with E-state index in [0.29, 0.717) is 5.92 Å². The Morgan fingerprint density at radius 2 is 2.00 bits per heavy atom. The van der Waals surface area contributed by atoms with E-state index in [4.69, 9.17) is 10.5 Å². The molecule has 0 heterocycles. The van der Waals surface area contributed by atoms with Gasteiger partial charge in [0.1, 0.15) is 6.23 Å². The Balaban J connectivity index is 3.03. The molecule has 0 aromatic carbocycles. The lowest BCUT2D eigenvalue weighted by atomic mass is 10.1. The van der Waals surface area contributed by atoms with Crippen molar-refractivity contribution >= 4 is 0 Å². The van der Waals surface area contributed by atoms with Crippen molar-refractivity contribution in [1.82, 2.24) is 0 Å². The van der Waals surface area contributed by atoms with E-state index < -0.39 is 0 Å². The van der Waals surface area contributed by atoms with Gasteiger partial charge in [-0.15, -0.1) is 0 Å². The van der Waals surface area contributed by atoms with Crippen molar-refractivity contribution in [3.63, 3.8) is 0 Å². The maximum absolute atomic E-state index is 5.54. The van der Waals surface area contributed by atoms with E-state index in [-0.39, 0.29) is 6.23 Å². The molecule has 0 amide bonds. The molecular formula is C8H19NO. The number of rotatable bonds is 5. The SMILES string of the molecule is CCC(N)OCCC(C)C. The molecule has 0 aliphatic rings.